The summed E-state index contributed by atoms with van der Waals surface area (Å²) < 4.78 is 0. The molecule has 0 saturated heterocycles. The summed E-state index contributed by atoms with van der Waals surface area (Å²) in [6, 6.07) is 9.18. The van der Waals surface area contributed by atoms with Gasteiger partial charge in [0.25, 0.3) is 0 Å². The molecule has 0 bridgehead atoms. The lowest BCUT2D eigenvalue weighted by molar-refractivity contribution is 0.403. The molecule has 2 aliphatic carbocycles. The second-order valence-electron chi connectivity index (χ2n) is 7.15. The molecular formula is C18H27N. The van der Waals surface area contributed by atoms with E-state index in [2.05, 4.69) is 43.4 Å². The predicted octanol–water partition coefficient (Wildman–Crippen LogP) is 4.16. The normalized spacial score (nSPS) is 20.8. The lowest BCUT2D eigenvalue weighted by atomic mass is 10.00. The highest BCUT2D eigenvalue weighted by atomic mass is 14.9. The van der Waals surface area contributed by atoms with Gasteiger partial charge in [-0.3, -0.25) is 0 Å². The first-order chi connectivity index (χ1) is 9.18. The molecule has 19 heavy (non-hydrogen) atoms. The molecule has 0 unspecified atom stereocenters. The maximum Gasteiger partial charge on any atom is 0.0205 e. The SMILES string of the molecule is CC(C)Cc1ccc(CNCC2(C3CC3)CC2)cc1. The molecule has 0 radical (unpaired) electrons. The topological polar surface area (TPSA) is 12.0 Å². The molecule has 1 aromatic carbocycles. The van der Waals surface area contributed by atoms with Crippen LogP contribution in [0.3, 0.4) is 0 Å². The quantitative estimate of drug-likeness (QED) is 0.773. The fraction of sp³-hybridized carbons (Fsp3) is 0.667. The Hall–Kier alpha value is -0.820. The van der Waals surface area contributed by atoms with Crippen LogP contribution >= 0.6 is 0 Å². The van der Waals surface area contributed by atoms with E-state index in [4.69, 9.17) is 0 Å². The molecule has 0 amide bonds. The predicted molar refractivity (Wildman–Crippen MR) is 81.1 cm³/mol. The molecule has 1 N–H and O–H groups in total. The Labute approximate surface area is 117 Å². The molecule has 0 heterocycles. The number of nitrogens with one attached hydrogen (secondary N) is 1. The lowest BCUT2D eigenvalue weighted by Crippen LogP contribution is -2.24. The molecule has 0 spiro atoms. The van der Waals surface area contributed by atoms with Crippen molar-refractivity contribution in [1.29, 1.82) is 0 Å². The Kier molecular flexibility index (Phi) is 3.66. The summed E-state index contributed by atoms with van der Waals surface area (Å²) in [4.78, 5) is 0. The van der Waals surface area contributed by atoms with Crippen LogP contribution in [0.15, 0.2) is 24.3 Å². The zero-order valence-electron chi connectivity index (χ0n) is 12.4. The Morgan fingerprint density at radius 3 is 2.26 bits per heavy atom. The second-order valence-corrected chi connectivity index (χ2v) is 7.15. The van der Waals surface area contributed by atoms with Crippen LogP contribution < -0.4 is 5.32 Å². The van der Waals surface area contributed by atoms with Gasteiger partial charge in [-0.15, -0.1) is 0 Å². The largest absolute Gasteiger partial charge is 0.312 e. The first-order valence-corrected chi connectivity index (χ1v) is 7.96. The van der Waals surface area contributed by atoms with E-state index in [1.165, 1.54) is 49.8 Å². The minimum absolute atomic E-state index is 0.720. The van der Waals surface area contributed by atoms with Gasteiger partial charge < -0.3 is 5.32 Å². The van der Waals surface area contributed by atoms with Crippen LogP contribution in [-0.4, -0.2) is 6.54 Å². The van der Waals surface area contributed by atoms with Crippen molar-refractivity contribution >= 4 is 0 Å². The fourth-order valence-electron chi connectivity index (χ4n) is 3.31. The number of benzene rings is 1. The number of rotatable bonds is 7. The molecular weight excluding hydrogens is 230 g/mol. The minimum atomic E-state index is 0.720. The molecule has 2 aliphatic rings. The second kappa shape index (κ2) is 5.28. The Bertz CT molecular complexity index is 410. The molecule has 0 atom stereocenters. The van der Waals surface area contributed by atoms with Gasteiger partial charge in [0.15, 0.2) is 0 Å². The first-order valence-electron chi connectivity index (χ1n) is 7.96. The standard InChI is InChI=1S/C18H27N/c1-14(2)11-15-3-5-16(6-4-15)12-19-13-18(9-10-18)17-7-8-17/h3-6,14,17,19H,7-13H2,1-2H3. The molecule has 0 aliphatic heterocycles. The smallest absolute Gasteiger partial charge is 0.0205 e. The van der Waals surface area contributed by atoms with E-state index >= 15 is 0 Å². The molecule has 3 rings (SSSR count). The molecule has 1 heteroatoms. The van der Waals surface area contributed by atoms with E-state index in [1.807, 2.05) is 0 Å². The highest BCUT2D eigenvalue weighted by Gasteiger charge is 2.53. The molecule has 1 aromatic rings. The van der Waals surface area contributed by atoms with Gasteiger partial charge in [-0.25, -0.2) is 0 Å². The minimum Gasteiger partial charge on any atom is -0.312 e. The van der Waals surface area contributed by atoms with E-state index in [1.54, 1.807) is 0 Å². The zero-order valence-corrected chi connectivity index (χ0v) is 12.4. The third kappa shape index (κ3) is 3.39. The van der Waals surface area contributed by atoms with Gasteiger partial charge in [-0.05, 0) is 60.5 Å². The number of hydrogen-bond donors (Lipinski definition) is 1. The summed E-state index contributed by atoms with van der Waals surface area (Å²) in [5.74, 6) is 1.81. The van der Waals surface area contributed by atoms with Crippen LogP contribution in [0.25, 0.3) is 0 Å². The van der Waals surface area contributed by atoms with Crippen LogP contribution in [0.1, 0.15) is 50.7 Å². The summed E-state index contributed by atoms with van der Waals surface area (Å²) in [6.45, 7) is 6.84. The van der Waals surface area contributed by atoms with E-state index in [0.29, 0.717) is 0 Å². The van der Waals surface area contributed by atoms with Crippen molar-refractivity contribution in [3.63, 3.8) is 0 Å². The molecule has 104 valence electrons. The van der Waals surface area contributed by atoms with Crippen molar-refractivity contribution in [2.45, 2.75) is 52.5 Å². The average Bonchev–Trinajstić information content (AvgIpc) is 3.25. The Balaban J connectivity index is 1.45. The third-order valence-electron chi connectivity index (χ3n) is 4.81. The van der Waals surface area contributed by atoms with Crippen molar-refractivity contribution < 1.29 is 0 Å². The van der Waals surface area contributed by atoms with Crippen molar-refractivity contribution in [2.24, 2.45) is 17.3 Å². The van der Waals surface area contributed by atoms with Crippen LogP contribution in [0.2, 0.25) is 0 Å². The van der Waals surface area contributed by atoms with E-state index in [9.17, 15) is 0 Å². The fourth-order valence-corrected chi connectivity index (χ4v) is 3.31. The molecule has 2 fully saturated rings. The maximum absolute atomic E-state index is 3.69. The van der Waals surface area contributed by atoms with Crippen molar-refractivity contribution in [3.8, 4) is 0 Å². The average molecular weight is 257 g/mol. The Morgan fingerprint density at radius 1 is 1.11 bits per heavy atom. The Morgan fingerprint density at radius 2 is 1.74 bits per heavy atom. The first kappa shape index (κ1) is 13.2. The highest BCUT2D eigenvalue weighted by molar-refractivity contribution is 5.22. The van der Waals surface area contributed by atoms with Gasteiger partial charge in [0.05, 0.1) is 0 Å². The van der Waals surface area contributed by atoms with Crippen LogP contribution in [0.4, 0.5) is 0 Å². The summed E-state index contributed by atoms with van der Waals surface area (Å²) in [7, 11) is 0. The zero-order chi connectivity index (χ0) is 13.3. The van der Waals surface area contributed by atoms with Gasteiger partial charge in [-0.1, -0.05) is 38.1 Å². The summed E-state index contributed by atoms with van der Waals surface area (Å²) in [6.07, 6.45) is 7.12. The number of hydrogen-bond acceptors (Lipinski definition) is 1. The highest BCUT2D eigenvalue weighted by Crippen LogP contribution is 2.60. The van der Waals surface area contributed by atoms with Crippen molar-refractivity contribution in [2.75, 3.05) is 6.54 Å². The van der Waals surface area contributed by atoms with E-state index < -0.39 is 0 Å². The maximum atomic E-state index is 3.69. The van der Waals surface area contributed by atoms with Gasteiger partial charge in [0, 0.05) is 13.1 Å². The van der Waals surface area contributed by atoms with Crippen molar-refractivity contribution in [1.82, 2.24) is 5.32 Å². The molecule has 2 saturated carbocycles. The van der Waals surface area contributed by atoms with E-state index in [-0.39, 0.29) is 0 Å². The van der Waals surface area contributed by atoms with Crippen LogP contribution in [0.5, 0.6) is 0 Å². The van der Waals surface area contributed by atoms with Gasteiger partial charge >= 0.3 is 0 Å². The lowest BCUT2D eigenvalue weighted by Gasteiger charge is -2.15. The van der Waals surface area contributed by atoms with Crippen LogP contribution in [0, 0.1) is 17.3 Å². The van der Waals surface area contributed by atoms with E-state index in [0.717, 1.165) is 23.8 Å². The summed E-state index contributed by atoms with van der Waals surface area (Å²) in [5.41, 5.74) is 3.62. The molecule has 1 nitrogen and oxygen atoms in total. The monoisotopic (exact) mass is 257 g/mol. The van der Waals surface area contributed by atoms with Gasteiger partial charge in [0.2, 0.25) is 0 Å². The van der Waals surface area contributed by atoms with Crippen molar-refractivity contribution in [3.05, 3.63) is 35.4 Å². The summed E-state index contributed by atoms with van der Waals surface area (Å²) >= 11 is 0. The van der Waals surface area contributed by atoms with Gasteiger partial charge in [0.1, 0.15) is 0 Å². The summed E-state index contributed by atoms with van der Waals surface area (Å²) in [5, 5.41) is 3.69. The van der Waals surface area contributed by atoms with Gasteiger partial charge in [-0.2, -0.15) is 0 Å². The molecule has 0 aromatic heterocycles. The third-order valence-corrected chi connectivity index (χ3v) is 4.81. The van der Waals surface area contributed by atoms with Crippen LogP contribution in [-0.2, 0) is 13.0 Å².